The average Bonchev–Trinajstić information content (AvgIpc) is 3.09. The number of piperidine rings is 1. The van der Waals surface area contributed by atoms with E-state index in [0.717, 1.165) is 18.9 Å². The third kappa shape index (κ3) is 4.47. The minimum Gasteiger partial charge on any atom is -0.357 e. The predicted molar refractivity (Wildman–Crippen MR) is 94.1 cm³/mol. The zero-order valence-corrected chi connectivity index (χ0v) is 14.0. The number of carbonyl (C=O) groups excluding carboxylic acids is 1. The highest BCUT2D eigenvalue weighted by Gasteiger charge is 2.12. The van der Waals surface area contributed by atoms with Crippen LogP contribution in [-0.2, 0) is 6.54 Å². The van der Waals surface area contributed by atoms with E-state index in [9.17, 15) is 4.79 Å². The summed E-state index contributed by atoms with van der Waals surface area (Å²) in [5.74, 6) is 0.981. The van der Waals surface area contributed by atoms with Crippen molar-refractivity contribution in [1.82, 2.24) is 19.9 Å². The van der Waals surface area contributed by atoms with Gasteiger partial charge in [-0.05, 0) is 38.3 Å². The van der Waals surface area contributed by atoms with Crippen molar-refractivity contribution in [2.45, 2.75) is 38.8 Å². The third-order valence-corrected chi connectivity index (χ3v) is 4.11. The molecule has 1 fully saturated rings. The average molecular weight is 328 g/mol. The molecule has 2 N–H and O–H groups in total. The number of rotatable bonds is 5. The van der Waals surface area contributed by atoms with Crippen LogP contribution >= 0.6 is 0 Å². The zero-order chi connectivity index (χ0) is 16.8. The standard InChI is InChI=1S/C17H24N6O/c1-14(12-22-10-7-18-13-22)20-17(24)21-15-5-6-16(19-11-15)23-8-3-2-4-9-23/h5-7,10-11,13-14H,2-4,8-9,12H2,1H3,(H2,20,21,24)/t14-/m1/s1. The van der Waals surface area contributed by atoms with Crippen LogP contribution in [0.4, 0.5) is 16.3 Å². The van der Waals surface area contributed by atoms with E-state index < -0.39 is 0 Å². The molecule has 0 unspecified atom stereocenters. The summed E-state index contributed by atoms with van der Waals surface area (Å²) in [4.78, 5) is 22.8. The summed E-state index contributed by atoms with van der Waals surface area (Å²) in [5.41, 5.74) is 0.697. The van der Waals surface area contributed by atoms with Crippen molar-refractivity contribution >= 4 is 17.5 Å². The van der Waals surface area contributed by atoms with E-state index in [0.29, 0.717) is 12.2 Å². The lowest BCUT2D eigenvalue weighted by molar-refractivity contribution is 0.248. The summed E-state index contributed by atoms with van der Waals surface area (Å²) in [5, 5.41) is 5.73. The lowest BCUT2D eigenvalue weighted by Crippen LogP contribution is -2.38. The number of hydrogen-bond acceptors (Lipinski definition) is 4. The van der Waals surface area contributed by atoms with Gasteiger partial charge in [-0.1, -0.05) is 0 Å². The first-order valence-electron chi connectivity index (χ1n) is 8.45. The van der Waals surface area contributed by atoms with Crippen LogP contribution in [0.2, 0.25) is 0 Å². The molecule has 128 valence electrons. The number of urea groups is 1. The van der Waals surface area contributed by atoms with E-state index in [2.05, 4.69) is 25.5 Å². The van der Waals surface area contributed by atoms with E-state index in [1.807, 2.05) is 29.8 Å². The summed E-state index contributed by atoms with van der Waals surface area (Å²) < 4.78 is 1.93. The highest BCUT2D eigenvalue weighted by atomic mass is 16.2. The van der Waals surface area contributed by atoms with Crippen LogP contribution in [0.5, 0.6) is 0 Å². The molecule has 7 heteroatoms. The van der Waals surface area contributed by atoms with Crippen molar-refractivity contribution < 1.29 is 4.79 Å². The Balaban J connectivity index is 1.48. The fourth-order valence-electron chi connectivity index (χ4n) is 2.92. The first kappa shape index (κ1) is 16.3. The quantitative estimate of drug-likeness (QED) is 0.884. The maximum absolute atomic E-state index is 12.1. The third-order valence-electron chi connectivity index (χ3n) is 4.11. The Hall–Kier alpha value is -2.57. The molecule has 24 heavy (non-hydrogen) atoms. The second-order valence-electron chi connectivity index (χ2n) is 6.21. The summed E-state index contributed by atoms with van der Waals surface area (Å²) in [6.45, 7) is 4.76. The fourth-order valence-corrected chi connectivity index (χ4v) is 2.92. The SMILES string of the molecule is C[C@H](Cn1ccnc1)NC(=O)Nc1ccc(N2CCCCC2)nc1. The van der Waals surface area contributed by atoms with Gasteiger partial charge in [0.25, 0.3) is 0 Å². The Morgan fingerprint density at radius 1 is 1.29 bits per heavy atom. The van der Waals surface area contributed by atoms with Crippen molar-refractivity contribution in [2.24, 2.45) is 0 Å². The molecule has 2 aromatic heterocycles. The second kappa shape index (κ2) is 7.81. The number of nitrogens with one attached hydrogen (secondary N) is 2. The minimum absolute atomic E-state index is 0.000202. The van der Waals surface area contributed by atoms with Crippen LogP contribution < -0.4 is 15.5 Å². The molecule has 0 spiro atoms. The molecule has 1 aliphatic rings. The Morgan fingerprint density at radius 3 is 2.79 bits per heavy atom. The Bertz CT molecular complexity index is 634. The van der Waals surface area contributed by atoms with Crippen LogP contribution in [0.1, 0.15) is 26.2 Å². The Labute approximate surface area is 142 Å². The van der Waals surface area contributed by atoms with E-state index in [-0.39, 0.29) is 12.1 Å². The molecule has 2 amide bonds. The molecule has 0 saturated carbocycles. The van der Waals surface area contributed by atoms with Gasteiger partial charge in [0.05, 0.1) is 18.2 Å². The van der Waals surface area contributed by atoms with Crippen LogP contribution in [0, 0.1) is 0 Å². The summed E-state index contributed by atoms with van der Waals surface area (Å²) in [7, 11) is 0. The second-order valence-corrected chi connectivity index (χ2v) is 6.21. The lowest BCUT2D eigenvalue weighted by atomic mass is 10.1. The summed E-state index contributed by atoms with van der Waals surface area (Å²) in [6, 6.07) is 3.64. The largest absolute Gasteiger partial charge is 0.357 e. The smallest absolute Gasteiger partial charge is 0.319 e. The van der Waals surface area contributed by atoms with Crippen LogP contribution in [0.15, 0.2) is 37.1 Å². The van der Waals surface area contributed by atoms with Gasteiger partial charge in [-0.15, -0.1) is 0 Å². The highest BCUT2D eigenvalue weighted by Crippen LogP contribution is 2.18. The molecule has 2 aromatic rings. The van der Waals surface area contributed by atoms with E-state index in [1.54, 1.807) is 18.7 Å². The van der Waals surface area contributed by atoms with Gasteiger partial charge in [0.1, 0.15) is 5.82 Å². The molecule has 1 aliphatic heterocycles. The van der Waals surface area contributed by atoms with Crippen molar-refractivity contribution in [3.05, 3.63) is 37.1 Å². The number of pyridine rings is 1. The molecule has 0 radical (unpaired) electrons. The monoisotopic (exact) mass is 328 g/mol. The summed E-state index contributed by atoms with van der Waals surface area (Å²) in [6.07, 6.45) is 10.8. The van der Waals surface area contributed by atoms with Gasteiger partial charge in [-0.2, -0.15) is 0 Å². The number of nitrogens with zero attached hydrogens (tertiary/aromatic N) is 4. The van der Waals surface area contributed by atoms with Crippen molar-refractivity contribution in [1.29, 1.82) is 0 Å². The number of anilines is 2. The van der Waals surface area contributed by atoms with Gasteiger partial charge in [-0.3, -0.25) is 0 Å². The summed E-state index contributed by atoms with van der Waals surface area (Å²) >= 11 is 0. The normalized spacial score (nSPS) is 15.8. The number of carbonyl (C=O) groups is 1. The minimum atomic E-state index is -0.227. The van der Waals surface area contributed by atoms with Crippen molar-refractivity contribution in [3.63, 3.8) is 0 Å². The fraction of sp³-hybridized carbons (Fsp3) is 0.471. The maximum atomic E-state index is 12.1. The predicted octanol–water partition coefficient (Wildman–Crippen LogP) is 2.48. The Morgan fingerprint density at radius 2 is 2.12 bits per heavy atom. The molecule has 3 rings (SSSR count). The van der Waals surface area contributed by atoms with E-state index >= 15 is 0 Å². The molecule has 0 aliphatic carbocycles. The topological polar surface area (TPSA) is 75.1 Å². The molecule has 0 aromatic carbocycles. The molecule has 1 atom stereocenters. The number of imidazole rings is 1. The van der Waals surface area contributed by atoms with Gasteiger partial charge in [0.15, 0.2) is 0 Å². The van der Waals surface area contributed by atoms with Gasteiger partial charge in [-0.25, -0.2) is 14.8 Å². The lowest BCUT2D eigenvalue weighted by Gasteiger charge is -2.27. The first-order chi connectivity index (χ1) is 11.7. The van der Waals surface area contributed by atoms with E-state index in [1.165, 1.54) is 19.3 Å². The molecule has 7 nitrogen and oxygen atoms in total. The first-order valence-corrected chi connectivity index (χ1v) is 8.45. The van der Waals surface area contributed by atoms with Crippen molar-refractivity contribution in [3.8, 4) is 0 Å². The highest BCUT2D eigenvalue weighted by molar-refractivity contribution is 5.89. The number of amides is 2. The van der Waals surface area contributed by atoms with Crippen LogP contribution in [-0.4, -0.2) is 39.7 Å². The molecule has 0 bridgehead atoms. The zero-order valence-electron chi connectivity index (χ0n) is 14.0. The van der Waals surface area contributed by atoms with Gasteiger partial charge in [0.2, 0.25) is 0 Å². The molecular weight excluding hydrogens is 304 g/mol. The van der Waals surface area contributed by atoms with E-state index in [4.69, 9.17) is 0 Å². The van der Waals surface area contributed by atoms with Crippen molar-refractivity contribution in [2.75, 3.05) is 23.3 Å². The molecular formula is C17H24N6O. The number of hydrogen-bond donors (Lipinski definition) is 2. The maximum Gasteiger partial charge on any atom is 0.319 e. The Kier molecular flexibility index (Phi) is 5.30. The van der Waals surface area contributed by atoms with Crippen LogP contribution in [0.3, 0.4) is 0 Å². The van der Waals surface area contributed by atoms with Gasteiger partial charge >= 0.3 is 6.03 Å². The molecule has 3 heterocycles. The van der Waals surface area contributed by atoms with Crippen LogP contribution in [0.25, 0.3) is 0 Å². The molecule has 1 saturated heterocycles. The van der Waals surface area contributed by atoms with Gasteiger partial charge in [0, 0.05) is 38.1 Å². The van der Waals surface area contributed by atoms with Gasteiger partial charge < -0.3 is 20.1 Å². The number of aromatic nitrogens is 3.